The van der Waals surface area contributed by atoms with Crippen molar-refractivity contribution in [3.8, 4) is 11.1 Å². The van der Waals surface area contributed by atoms with Gasteiger partial charge in [0.1, 0.15) is 0 Å². The van der Waals surface area contributed by atoms with E-state index >= 15 is 0 Å². The minimum atomic E-state index is -0.415. The normalized spacial score (nSPS) is 15.3. The number of hydrogen-bond donors (Lipinski definition) is 0. The first-order valence-corrected chi connectivity index (χ1v) is 7.13. The maximum atomic E-state index is 11.3. The molecule has 0 radical (unpaired) electrons. The molecule has 0 heterocycles. The van der Waals surface area contributed by atoms with E-state index in [4.69, 9.17) is 0 Å². The summed E-state index contributed by atoms with van der Waals surface area (Å²) in [6, 6.07) is 8.28. The van der Waals surface area contributed by atoms with Crippen molar-refractivity contribution in [1.82, 2.24) is 0 Å². The van der Waals surface area contributed by atoms with Crippen molar-refractivity contribution < 1.29 is 9.85 Å². The SMILES string of the molecule is O=[N+]([O-])c1ccc2c(c1)Cc1cc(C3CC3)c([N+](=O)[O-])cc1-2. The predicted molar refractivity (Wildman–Crippen MR) is 80.0 cm³/mol. The number of rotatable bonds is 3. The van der Waals surface area contributed by atoms with Crippen molar-refractivity contribution in [1.29, 1.82) is 0 Å². The van der Waals surface area contributed by atoms with Gasteiger partial charge in [0, 0.05) is 23.8 Å². The average Bonchev–Trinajstić information content (AvgIpc) is 3.26. The van der Waals surface area contributed by atoms with Gasteiger partial charge in [-0.2, -0.15) is 0 Å². The third kappa shape index (κ3) is 1.88. The number of non-ortho nitro benzene ring substituents is 1. The van der Waals surface area contributed by atoms with Crippen LogP contribution in [0.4, 0.5) is 11.4 Å². The summed E-state index contributed by atoms with van der Waals surface area (Å²) in [4.78, 5) is 21.5. The lowest BCUT2D eigenvalue weighted by atomic mass is 9.99. The molecule has 22 heavy (non-hydrogen) atoms. The smallest absolute Gasteiger partial charge is 0.258 e. The lowest BCUT2D eigenvalue weighted by Crippen LogP contribution is -1.96. The zero-order valence-electron chi connectivity index (χ0n) is 11.6. The number of fused-ring (bicyclic) bond motifs is 3. The van der Waals surface area contributed by atoms with Crippen molar-refractivity contribution in [3.05, 3.63) is 67.3 Å². The highest BCUT2D eigenvalue weighted by molar-refractivity contribution is 5.80. The van der Waals surface area contributed by atoms with E-state index in [0.717, 1.165) is 40.7 Å². The fraction of sp³-hybridized carbons (Fsp3) is 0.250. The quantitative estimate of drug-likeness (QED) is 0.541. The van der Waals surface area contributed by atoms with Gasteiger partial charge in [-0.25, -0.2) is 0 Å². The summed E-state index contributed by atoms with van der Waals surface area (Å²) in [6.45, 7) is 0. The minimum Gasteiger partial charge on any atom is -0.258 e. The Hall–Kier alpha value is -2.76. The molecule has 0 aromatic heterocycles. The average molecular weight is 296 g/mol. The molecule has 2 aromatic carbocycles. The van der Waals surface area contributed by atoms with Crippen LogP contribution in [-0.2, 0) is 6.42 Å². The fourth-order valence-electron chi connectivity index (χ4n) is 3.24. The van der Waals surface area contributed by atoms with Crippen LogP contribution in [0.3, 0.4) is 0 Å². The Morgan fingerprint density at radius 2 is 1.64 bits per heavy atom. The molecule has 110 valence electrons. The molecule has 0 unspecified atom stereocenters. The number of nitro benzene ring substituents is 2. The first-order valence-electron chi connectivity index (χ1n) is 7.13. The van der Waals surface area contributed by atoms with E-state index in [9.17, 15) is 20.2 Å². The van der Waals surface area contributed by atoms with E-state index < -0.39 is 4.92 Å². The van der Waals surface area contributed by atoms with Crippen LogP contribution in [0.5, 0.6) is 0 Å². The highest BCUT2D eigenvalue weighted by Gasteiger charge is 2.33. The van der Waals surface area contributed by atoms with Crippen molar-refractivity contribution in [2.45, 2.75) is 25.2 Å². The van der Waals surface area contributed by atoms with Crippen LogP contribution in [0.2, 0.25) is 0 Å². The van der Waals surface area contributed by atoms with Crippen LogP contribution in [0.1, 0.15) is 35.4 Å². The Bertz CT molecular complexity index is 840. The molecule has 0 N–H and O–H groups in total. The predicted octanol–water partition coefficient (Wildman–Crippen LogP) is 3.95. The molecule has 0 saturated heterocycles. The summed E-state index contributed by atoms with van der Waals surface area (Å²) < 4.78 is 0. The Labute approximate surface area is 125 Å². The third-order valence-electron chi connectivity index (χ3n) is 4.44. The summed E-state index contributed by atoms with van der Waals surface area (Å²) in [5.74, 6) is 0.295. The number of nitro groups is 2. The largest absolute Gasteiger partial charge is 0.273 e. The molecule has 0 bridgehead atoms. The molecule has 1 fully saturated rings. The summed E-state index contributed by atoms with van der Waals surface area (Å²) in [5, 5.41) is 22.2. The van der Waals surface area contributed by atoms with E-state index in [1.807, 2.05) is 6.07 Å². The van der Waals surface area contributed by atoms with Crippen molar-refractivity contribution >= 4 is 11.4 Å². The van der Waals surface area contributed by atoms with Gasteiger partial charge in [0.25, 0.3) is 11.4 Å². The maximum absolute atomic E-state index is 11.3. The van der Waals surface area contributed by atoms with Crippen molar-refractivity contribution in [2.24, 2.45) is 0 Å². The lowest BCUT2D eigenvalue weighted by molar-refractivity contribution is -0.385. The lowest BCUT2D eigenvalue weighted by Gasteiger charge is -2.06. The first-order chi connectivity index (χ1) is 10.5. The van der Waals surface area contributed by atoms with Crippen molar-refractivity contribution in [3.63, 3.8) is 0 Å². The van der Waals surface area contributed by atoms with E-state index in [1.165, 1.54) is 6.07 Å². The molecule has 0 atom stereocenters. The zero-order chi connectivity index (χ0) is 15.4. The Morgan fingerprint density at radius 1 is 0.909 bits per heavy atom. The standard InChI is InChI=1S/C16H12N2O4/c19-17(20)12-3-4-13-10(6-12)5-11-7-15(9-1-2-9)16(18(21)22)8-14(11)13/h3-4,6-9H,1-2,5H2. The van der Waals surface area contributed by atoms with Gasteiger partial charge in [0.05, 0.1) is 9.85 Å². The Kier molecular flexibility index (Phi) is 2.57. The van der Waals surface area contributed by atoms with Gasteiger partial charge in [0.15, 0.2) is 0 Å². The second-order valence-electron chi connectivity index (χ2n) is 5.87. The van der Waals surface area contributed by atoms with Crippen LogP contribution in [-0.4, -0.2) is 9.85 Å². The number of hydrogen-bond acceptors (Lipinski definition) is 4. The van der Waals surface area contributed by atoms with Crippen LogP contribution < -0.4 is 0 Å². The van der Waals surface area contributed by atoms with Crippen LogP contribution in [0.25, 0.3) is 11.1 Å². The molecule has 0 amide bonds. The number of nitrogens with zero attached hydrogens (tertiary/aromatic N) is 2. The molecule has 6 nitrogen and oxygen atoms in total. The summed E-state index contributed by atoms with van der Waals surface area (Å²) >= 11 is 0. The summed E-state index contributed by atoms with van der Waals surface area (Å²) in [5.41, 5.74) is 4.64. The first kappa shape index (κ1) is 12.9. The zero-order valence-corrected chi connectivity index (χ0v) is 11.6. The topological polar surface area (TPSA) is 86.3 Å². The molecular formula is C16H12N2O4. The van der Waals surface area contributed by atoms with Gasteiger partial charge in [-0.1, -0.05) is 0 Å². The number of benzene rings is 2. The molecule has 0 spiro atoms. The Balaban J connectivity index is 1.87. The minimum absolute atomic E-state index is 0.0588. The molecule has 4 rings (SSSR count). The molecule has 1 saturated carbocycles. The third-order valence-corrected chi connectivity index (χ3v) is 4.44. The molecule has 2 aliphatic rings. The molecule has 2 aromatic rings. The van der Waals surface area contributed by atoms with Gasteiger partial charge < -0.3 is 0 Å². The van der Waals surface area contributed by atoms with Gasteiger partial charge in [0.2, 0.25) is 0 Å². The van der Waals surface area contributed by atoms with E-state index in [1.54, 1.807) is 18.2 Å². The fourth-order valence-corrected chi connectivity index (χ4v) is 3.24. The molecule has 0 aliphatic heterocycles. The van der Waals surface area contributed by atoms with E-state index in [0.29, 0.717) is 12.3 Å². The maximum Gasteiger partial charge on any atom is 0.273 e. The van der Waals surface area contributed by atoms with Gasteiger partial charge >= 0.3 is 0 Å². The van der Waals surface area contributed by atoms with Gasteiger partial charge in [-0.15, -0.1) is 0 Å². The highest BCUT2D eigenvalue weighted by Crippen LogP contribution is 2.48. The van der Waals surface area contributed by atoms with Crippen LogP contribution in [0.15, 0.2) is 30.3 Å². The second-order valence-corrected chi connectivity index (χ2v) is 5.87. The molecule has 6 heteroatoms. The highest BCUT2D eigenvalue weighted by atomic mass is 16.6. The van der Waals surface area contributed by atoms with Crippen LogP contribution in [0, 0.1) is 20.2 Å². The van der Waals surface area contributed by atoms with Gasteiger partial charge in [-0.05, 0) is 59.6 Å². The molecular weight excluding hydrogens is 284 g/mol. The summed E-state index contributed by atoms with van der Waals surface area (Å²) in [6.07, 6.45) is 2.60. The monoisotopic (exact) mass is 296 g/mol. The van der Waals surface area contributed by atoms with Gasteiger partial charge in [-0.3, -0.25) is 20.2 Å². The van der Waals surface area contributed by atoms with E-state index in [2.05, 4.69) is 0 Å². The Morgan fingerprint density at radius 3 is 2.27 bits per heavy atom. The molecule has 2 aliphatic carbocycles. The van der Waals surface area contributed by atoms with Crippen molar-refractivity contribution in [2.75, 3.05) is 0 Å². The van der Waals surface area contributed by atoms with Crippen LogP contribution >= 0.6 is 0 Å². The second kappa shape index (κ2) is 4.37. The summed E-state index contributed by atoms with van der Waals surface area (Å²) in [7, 11) is 0. The van der Waals surface area contributed by atoms with E-state index in [-0.39, 0.29) is 16.3 Å².